The number of amidine groups is 2. The Balaban J connectivity index is 2.05. The fourth-order valence-electron chi connectivity index (χ4n) is 4.03. The number of halogens is 2. The number of aromatic amines is 1. The summed E-state index contributed by atoms with van der Waals surface area (Å²) >= 11 is 0. The van der Waals surface area contributed by atoms with Gasteiger partial charge in [-0.3, -0.25) is 15.7 Å². The number of fused-ring (bicyclic) bond motifs is 2. The van der Waals surface area contributed by atoms with E-state index in [1.54, 1.807) is 24.1 Å². The summed E-state index contributed by atoms with van der Waals surface area (Å²) in [4.78, 5) is 4.54. The van der Waals surface area contributed by atoms with E-state index in [1.807, 2.05) is 20.8 Å². The van der Waals surface area contributed by atoms with E-state index >= 15 is 4.39 Å². The van der Waals surface area contributed by atoms with Crippen LogP contribution in [0.15, 0.2) is 30.5 Å². The summed E-state index contributed by atoms with van der Waals surface area (Å²) < 4.78 is 29.6. The second kappa shape index (κ2) is 6.40. The van der Waals surface area contributed by atoms with Crippen LogP contribution in [0.25, 0.3) is 22.0 Å². The van der Waals surface area contributed by atoms with Gasteiger partial charge >= 0.3 is 0 Å². The average molecular weight is 395 g/mol. The Hall–Kier alpha value is -3.22. The van der Waals surface area contributed by atoms with Crippen molar-refractivity contribution in [3.05, 3.63) is 47.7 Å². The topological polar surface area (TPSA) is 78.8 Å². The minimum absolute atomic E-state index is 0.212. The third-order valence-electron chi connectivity index (χ3n) is 5.49. The molecular formula is C22H23F2N5. The molecule has 3 aromatic rings. The number of benzene rings is 2. The zero-order chi connectivity index (χ0) is 21.1. The molecule has 1 aliphatic rings. The molecule has 0 bridgehead atoms. The summed E-state index contributed by atoms with van der Waals surface area (Å²) in [5.41, 5.74) is 2.17. The lowest BCUT2D eigenvalue weighted by Gasteiger charge is -2.43. The van der Waals surface area contributed by atoms with Gasteiger partial charge in [-0.15, -0.1) is 0 Å². The number of nitrogens with one attached hydrogen (secondary N) is 4. The van der Waals surface area contributed by atoms with Crippen LogP contribution in [0.4, 0.5) is 20.2 Å². The van der Waals surface area contributed by atoms with Crippen molar-refractivity contribution in [2.45, 2.75) is 39.7 Å². The standard InChI is InChI=1S/C22H23F2N5/c1-5-18(25)29-20-11(2)19(14-8-12(23)9-16-13(14)6-7-27-16)15(24)10-17(20)28-22(3,4)21(29)26/h6-10,25-28H,5H2,1-4H3. The molecule has 0 unspecified atom stereocenters. The van der Waals surface area contributed by atoms with Crippen molar-refractivity contribution in [3.8, 4) is 11.1 Å². The highest BCUT2D eigenvalue weighted by molar-refractivity contribution is 6.25. The molecule has 4 rings (SSSR count). The molecule has 1 aliphatic heterocycles. The second-order valence-corrected chi connectivity index (χ2v) is 7.88. The van der Waals surface area contributed by atoms with Crippen molar-refractivity contribution in [1.82, 2.24) is 4.98 Å². The van der Waals surface area contributed by atoms with Gasteiger partial charge in [-0.2, -0.15) is 0 Å². The van der Waals surface area contributed by atoms with Crippen LogP contribution in [0.1, 0.15) is 32.8 Å². The quantitative estimate of drug-likeness (QED) is 0.327. The van der Waals surface area contributed by atoms with Gasteiger partial charge in [0.05, 0.1) is 16.9 Å². The first-order valence-corrected chi connectivity index (χ1v) is 9.50. The summed E-state index contributed by atoms with van der Waals surface area (Å²) in [5.74, 6) is -0.480. The lowest BCUT2D eigenvalue weighted by molar-refractivity contribution is 0.624. The van der Waals surface area contributed by atoms with E-state index in [0.29, 0.717) is 39.8 Å². The lowest BCUT2D eigenvalue weighted by atomic mass is 9.90. The van der Waals surface area contributed by atoms with Crippen LogP contribution in [0.2, 0.25) is 0 Å². The summed E-state index contributed by atoms with van der Waals surface area (Å²) in [6.07, 6.45) is 2.12. The van der Waals surface area contributed by atoms with Crippen molar-refractivity contribution in [2.75, 3.05) is 10.2 Å². The normalized spacial score (nSPS) is 15.4. The van der Waals surface area contributed by atoms with E-state index < -0.39 is 17.2 Å². The third-order valence-corrected chi connectivity index (χ3v) is 5.49. The van der Waals surface area contributed by atoms with Crippen molar-refractivity contribution in [3.63, 3.8) is 0 Å². The highest BCUT2D eigenvalue weighted by Gasteiger charge is 2.39. The number of anilines is 2. The lowest BCUT2D eigenvalue weighted by Crippen LogP contribution is -2.55. The first-order valence-electron chi connectivity index (χ1n) is 9.50. The molecule has 0 atom stereocenters. The maximum atomic E-state index is 15.4. The highest BCUT2D eigenvalue weighted by Crippen LogP contribution is 2.45. The molecule has 150 valence electrons. The van der Waals surface area contributed by atoms with Crippen LogP contribution in [-0.2, 0) is 0 Å². The molecule has 0 fully saturated rings. The smallest absolute Gasteiger partial charge is 0.133 e. The number of H-pyrrole nitrogens is 1. The molecule has 0 saturated heterocycles. The Morgan fingerprint density at radius 1 is 1.21 bits per heavy atom. The van der Waals surface area contributed by atoms with Crippen LogP contribution >= 0.6 is 0 Å². The fraction of sp³-hybridized carbons (Fsp3) is 0.273. The van der Waals surface area contributed by atoms with Crippen molar-refractivity contribution in [2.24, 2.45) is 0 Å². The Morgan fingerprint density at radius 3 is 2.62 bits per heavy atom. The predicted octanol–water partition coefficient (Wildman–Crippen LogP) is 5.80. The highest BCUT2D eigenvalue weighted by atomic mass is 19.1. The number of rotatable bonds is 2. The summed E-state index contributed by atoms with van der Waals surface area (Å²) in [5, 5.41) is 21.0. The van der Waals surface area contributed by atoms with Gasteiger partial charge in [0.2, 0.25) is 0 Å². The minimum atomic E-state index is -0.762. The van der Waals surface area contributed by atoms with Crippen molar-refractivity contribution in [1.29, 1.82) is 10.8 Å². The molecule has 2 heterocycles. The van der Waals surface area contributed by atoms with Crippen LogP contribution in [0.3, 0.4) is 0 Å². The summed E-state index contributed by atoms with van der Waals surface area (Å²) in [6, 6.07) is 5.88. The predicted molar refractivity (Wildman–Crippen MR) is 114 cm³/mol. The zero-order valence-electron chi connectivity index (χ0n) is 16.8. The number of hydrogen-bond donors (Lipinski definition) is 4. The van der Waals surface area contributed by atoms with Gasteiger partial charge in [0.25, 0.3) is 0 Å². The molecule has 0 radical (unpaired) electrons. The Kier molecular flexibility index (Phi) is 4.22. The SMILES string of the molecule is CCC(=N)N1C(=N)C(C)(C)Nc2cc(F)c(-c3cc(F)cc4[nH]ccc34)c(C)c21. The fourth-order valence-corrected chi connectivity index (χ4v) is 4.03. The second-order valence-electron chi connectivity index (χ2n) is 7.88. The van der Waals surface area contributed by atoms with Gasteiger partial charge in [-0.25, -0.2) is 8.78 Å². The Morgan fingerprint density at radius 2 is 1.93 bits per heavy atom. The number of hydrogen-bond acceptors (Lipinski definition) is 3. The van der Waals surface area contributed by atoms with Gasteiger partial charge in [-0.05, 0) is 56.2 Å². The monoisotopic (exact) mass is 395 g/mol. The van der Waals surface area contributed by atoms with Gasteiger partial charge in [0.15, 0.2) is 0 Å². The Labute approximate surface area is 167 Å². The van der Waals surface area contributed by atoms with Gasteiger partial charge in [0, 0.05) is 29.1 Å². The number of aromatic nitrogens is 1. The molecule has 4 N–H and O–H groups in total. The van der Waals surface area contributed by atoms with E-state index in [1.165, 1.54) is 18.2 Å². The molecule has 5 nitrogen and oxygen atoms in total. The largest absolute Gasteiger partial charge is 0.371 e. The molecule has 0 spiro atoms. The van der Waals surface area contributed by atoms with E-state index in [0.717, 1.165) is 0 Å². The number of nitrogens with zero attached hydrogens (tertiary/aromatic N) is 1. The van der Waals surface area contributed by atoms with Gasteiger partial charge < -0.3 is 10.3 Å². The minimum Gasteiger partial charge on any atom is -0.371 e. The molecule has 0 amide bonds. The van der Waals surface area contributed by atoms with Crippen LogP contribution in [0.5, 0.6) is 0 Å². The zero-order valence-corrected chi connectivity index (χ0v) is 16.8. The van der Waals surface area contributed by atoms with Crippen LogP contribution in [0, 0.1) is 29.4 Å². The summed E-state index contributed by atoms with van der Waals surface area (Å²) in [6.45, 7) is 7.25. The first-order chi connectivity index (χ1) is 13.7. The molecule has 0 saturated carbocycles. The van der Waals surface area contributed by atoms with E-state index in [9.17, 15) is 4.39 Å². The molecule has 1 aromatic heterocycles. The van der Waals surface area contributed by atoms with Gasteiger partial charge in [0.1, 0.15) is 23.3 Å². The van der Waals surface area contributed by atoms with Crippen LogP contribution < -0.4 is 10.2 Å². The van der Waals surface area contributed by atoms with Crippen molar-refractivity contribution >= 4 is 33.9 Å². The molecule has 7 heteroatoms. The third kappa shape index (κ3) is 2.80. The van der Waals surface area contributed by atoms with E-state index in [4.69, 9.17) is 10.8 Å². The first kappa shape index (κ1) is 19.1. The molecule has 29 heavy (non-hydrogen) atoms. The molecular weight excluding hydrogens is 372 g/mol. The van der Waals surface area contributed by atoms with Crippen LogP contribution in [-0.4, -0.2) is 22.2 Å². The molecule has 0 aliphatic carbocycles. The average Bonchev–Trinajstić information content (AvgIpc) is 3.10. The van der Waals surface area contributed by atoms with Crippen molar-refractivity contribution < 1.29 is 8.78 Å². The maximum Gasteiger partial charge on any atom is 0.133 e. The van der Waals surface area contributed by atoms with E-state index in [2.05, 4.69) is 10.3 Å². The molecule has 2 aromatic carbocycles. The van der Waals surface area contributed by atoms with Gasteiger partial charge in [-0.1, -0.05) is 6.92 Å². The summed E-state index contributed by atoms with van der Waals surface area (Å²) in [7, 11) is 0. The Bertz CT molecular complexity index is 1180. The van der Waals surface area contributed by atoms with E-state index in [-0.39, 0.29) is 17.2 Å². The maximum absolute atomic E-state index is 15.4.